The number of hydrogen-bond acceptors (Lipinski definition) is 1. The zero-order valence-corrected chi connectivity index (χ0v) is 7.02. The van der Waals surface area contributed by atoms with Crippen molar-refractivity contribution in [2.24, 2.45) is 0 Å². The molecule has 1 nitrogen and oxygen atoms in total. The zero-order valence-electron chi connectivity index (χ0n) is 7.02. The highest BCUT2D eigenvalue weighted by Gasteiger charge is 1.95. The Morgan fingerprint density at radius 1 is 1.45 bits per heavy atom. The normalized spacial score (nSPS) is 9.64. The highest BCUT2D eigenvalue weighted by atomic mass is 14.5. The van der Waals surface area contributed by atoms with Crippen LogP contribution < -0.4 is 5.73 Å². The molecule has 11 heavy (non-hydrogen) atoms. The van der Waals surface area contributed by atoms with Crippen molar-refractivity contribution in [2.75, 3.05) is 5.73 Å². The molecule has 0 aliphatic heterocycles. The van der Waals surface area contributed by atoms with Crippen LogP contribution in [0.3, 0.4) is 0 Å². The van der Waals surface area contributed by atoms with Crippen molar-refractivity contribution in [1.82, 2.24) is 0 Å². The van der Waals surface area contributed by atoms with Crippen molar-refractivity contribution in [1.29, 1.82) is 0 Å². The van der Waals surface area contributed by atoms with Crippen LogP contribution in [0.2, 0.25) is 0 Å². The first kappa shape index (κ1) is 7.86. The van der Waals surface area contributed by atoms with E-state index in [1.165, 1.54) is 0 Å². The zero-order chi connectivity index (χ0) is 8.43. The molecule has 0 spiro atoms. The lowest BCUT2D eigenvalue weighted by molar-refractivity contribution is 1.45. The molecule has 0 saturated heterocycles. The van der Waals surface area contributed by atoms with Gasteiger partial charge in [-0.1, -0.05) is 24.3 Å². The van der Waals surface area contributed by atoms with Gasteiger partial charge >= 0.3 is 0 Å². The second-order valence-electron chi connectivity index (χ2n) is 2.85. The van der Waals surface area contributed by atoms with E-state index in [4.69, 9.17) is 5.73 Å². The summed E-state index contributed by atoms with van der Waals surface area (Å²) in [6.07, 6.45) is 0. The van der Waals surface area contributed by atoms with Gasteiger partial charge in [-0.15, -0.1) is 0 Å². The van der Waals surface area contributed by atoms with Gasteiger partial charge in [0.15, 0.2) is 0 Å². The third kappa shape index (κ3) is 1.61. The number of aryl methyl sites for hydroxylation is 1. The van der Waals surface area contributed by atoms with E-state index in [2.05, 4.69) is 6.58 Å². The first-order valence-corrected chi connectivity index (χ1v) is 3.63. The quantitative estimate of drug-likeness (QED) is 0.607. The van der Waals surface area contributed by atoms with Gasteiger partial charge in [0.25, 0.3) is 0 Å². The maximum atomic E-state index is 5.72. The Morgan fingerprint density at radius 2 is 2.09 bits per heavy atom. The summed E-state index contributed by atoms with van der Waals surface area (Å²) >= 11 is 0. The lowest BCUT2D eigenvalue weighted by Crippen LogP contribution is -1.90. The maximum absolute atomic E-state index is 5.72. The molecular weight excluding hydrogens is 134 g/mol. The Hall–Kier alpha value is -1.24. The Kier molecular flexibility index (Phi) is 1.99. The van der Waals surface area contributed by atoms with Gasteiger partial charge in [-0.2, -0.15) is 0 Å². The largest absolute Gasteiger partial charge is 0.398 e. The number of benzene rings is 1. The monoisotopic (exact) mass is 147 g/mol. The van der Waals surface area contributed by atoms with Crippen LogP contribution in [0, 0.1) is 6.92 Å². The summed E-state index contributed by atoms with van der Waals surface area (Å²) in [5.41, 5.74) is 9.85. The van der Waals surface area contributed by atoms with E-state index in [1.807, 2.05) is 32.0 Å². The fraction of sp³-hybridized carbons (Fsp3) is 0.200. The minimum Gasteiger partial charge on any atom is -0.398 e. The number of nitrogen functional groups attached to an aromatic ring is 1. The molecule has 0 aromatic heterocycles. The molecule has 1 aromatic carbocycles. The van der Waals surface area contributed by atoms with E-state index >= 15 is 0 Å². The van der Waals surface area contributed by atoms with Crippen LogP contribution in [-0.4, -0.2) is 0 Å². The summed E-state index contributed by atoms with van der Waals surface area (Å²) in [5, 5.41) is 0. The van der Waals surface area contributed by atoms with Gasteiger partial charge in [0.1, 0.15) is 0 Å². The number of rotatable bonds is 1. The van der Waals surface area contributed by atoms with Gasteiger partial charge in [0, 0.05) is 5.69 Å². The first-order valence-electron chi connectivity index (χ1n) is 3.63. The molecule has 2 N–H and O–H groups in total. The van der Waals surface area contributed by atoms with Gasteiger partial charge in [-0.25, -0.2) is 0 Å². The molecule has 0 fully saturated rings. The molecule has 0 aliphatic rings. The molecule has 0 saturated carbocycles. The van der Waals surface area contributed by atoms with E-state index < -0.39 is 0 Å². The van der Waals surface area contributed by atoms with Gasteiger partial charge in [-0.3, -0.25) is 0 Å². The number of allylic oxidation sites excluding steroid dienone is 1. The molecule has 1 rings (SSSR count). The van der Waals surface area contributed by atoms with Crippen molar-refractivity contribution < 1.29 is 0 Å². The molecule has 0 atom stereocenters. The van der Waals surface area contributed by atoms with Crippen LogP contribution in [-0.2, 0) is 0 Å². The molecule has 0 unspecified atom stereocenters. The average molecular weight is 147 g/mol. The highest BCUT2D eigenvalue weighted by Crippen LogP contribution is 2.17. The van der Waals surface area contributed by atoms with Gasteiger partial charge < -0.3 is 5.73 Å². The van der Waals surface area contributed by atoms with Crippen LogP contribution in [0.4, 0.5) is 5.69 Å². The molecule has 0 amide bonds. The number of hydrogen-bond donors (Lipinski definition) is 1. The van der Waals surface area contributed by atoms with E-state index in [0.29, 0.717) is 0 Å². The minimum absolute atomic E-state index is 0.838. The Balaban J connectivity index is 3.15. The highest BCUT2D eigenvalue weighted by molar-refractivity contribution is 5.66. The lowest BCUT2D eigenvalue weighted by Gasteiger charge is -2.03. The first-order chi connectivity index (χ1) is 5.11. The second kappa shape index (κ2) is 2.79. The van der Waals surface area contributed by atoms with Crippen molar-refractivity contribution in [3.05, 3.63) is 35.9 Å². The van der Waals surface area contributed by atoms with Gasteiger partial charge in [-0.05, 0) is 31.0 Å². The van der Waals surface area contributed by atoms with E-state index in [1.54, 1.807) is 0 Å². The fourth-order valence-corrected chi connectivity index (χ4v) is 0.906. The summed E-state index contributed by atoms with van der Waals surface area (Å²) in [6.45, 7) is 7.81. The summed E-state index contributed by atoms with van der Waals surface area (Å²) in [5.74, 6) is 0. The fourth-order valence-electron chi connectivity index (χ4n) is 0.906. The Labute approximate surface area is 67.5 Å². The van der Waals surface area contributed by atoms with Crippen LogP contribution >= 0.6 is 0 Å². The van der Waals surface area contributed by atoms with Crippen molar-refractivity contribution in [2.45, 2.75) is 13.8 Å². The molecule has 1 heteroatoms. The van der Waals surface area contributed by atoms with E-state index in [9.17, 15) is 0 Å². The molecular formula is C10H13N. The van der Waals surface area contributed by atoms with Gasteiger partial charge in [0.05, 0.1) is 0 Å². The summed E-state index contributed by atoms with van der Waals surface area (Å²) in [6, 6.07) is 6.01. The van der Waals surface area contributed by atoms with Crippen molar-refractivity contribution in [3.63, 3.8) is 0 Å². The molecule has 0 bridgehead atoms. The summed E-state index contributed by atoms with van der Waals surface area (Å²) < 4.78 is 0. The SMILES string of the molecule is C=C(C)c1ccc(C)c(N)c1. The predicted octanol–water partition coefficient (Wildman–Crippen LogP) is 2.61. The smallest absolute Gasteiger partial charge is 0.0349 e. The molecule has 0 aliphatic carbocycles. The predicted molar refractivity (Wildman–Crippen MR) is 50.3 cm³/mol. The van der Waals surface area contributed by atoms with E-state index in [0.717, 1.165) is 22.4 Å². The van der Waals surface area contributed by atoms with Crippen LogP contribution in [0.25, 0.3) is 5.57 Å². The van der Waals surface area contributed by atoms with Crippen molar-refractivity contribution >= 4 is 11.3 Å². The summed E-state index contributed by atoms with van der Waals surface area (Å²) in [7, 11) is 0. The number of nitrogens with two attached hydrogens (primary N) is 1. The topological polar surface area (TPSA) is 26.0 Å². The Morgan fingerprint density at radius 3 is 2.55 bits per heavy atom. The third-order valence-corrected chi connectivity index (χ3v) is 1.77. The maximum Gasteiger partial charge on any atom is 0.0349 e. The van der Waals surface area contributed by atoms with E-state index in [-0.39, 0.29) is 0 Å². The van der Waals surface area contributed by atoms with Crippen LogP contribution in [0.15, 0.2) is 24.8 Å². The third-order valence-electron chi connectivity index (χ3n) is 1.77. The average Bonchev–Trinajstić information content (AvgIpc) is 1.94. The molecule has 0 heterocycles. The standard InChI is InChI=1S/C10H13N/c1-7(2)9-5-4-8(3)10(11)6-9/h4-6H,1,11H2,2-3H3. The Bertz CT molecular complexity index is 287. The second-order valence-corrected chi connectivity index (χ2v) is 2.85. The van der Waals surface area contributed by atoms with Gasteiger partial charge in [0.2, 0.25) is 0 Å². The number of anilines is 1. The molecule has 1 aromatic rings. The molecule has 58 valence electrons. The summed E-state index contributed by atoms with van der Waals surface area (Å²) in [4.78, 5) is 0. The van der Waals surface area contributed by atoms with Crippen molar-refractivity contribution in [3.8, 4) is 0 Å². The minimum atomic E-state index is 0.838. The van der Waals surface area contributed by atoms with Crippen LogP contribution in [0.1, 0.15) is 18.1 Å². The van der Waals surface area contributed by atoms with Crippen LogP contribution in [0.5, 0.6) is 0 Å². The lowest BCUT2D eigenvalue weighted by atomic mass is 10.1. The molecule has 0 radical (unpaired) electrons.